The molecule has 1 aliphatic heterocycles. The molecule has 1 unspecified atom stereocenters. The van der Waals surface area contributed by atoms with Crippen molar-refractivity contribution in [1.82, 2.24) is 5.32 Å². The predicted octanol–water partition coefficient (Wildman–Crippen LogP) is 2.79. The summed E-state index contributed by atoms with van der Waals surface area (Å²) in [6.45, 7) is 1.56. The first kappa shape index (κ1) is 23.7. The first-order valence-electron chi connectivity index (χ1n) is 9.30. The predicted molar refractivity (Wildman–Crippen MR) is 109 cm³/mol. The summed E-state index contributed by atoms with van der Waals surface area (Å²) in [5.41, 5.74) is 0.203. The van der Waals surface area contributed by atoms with Gasteiger partial charge in [0.15, 0.2) is 0 Å². The molecule has 168 valence electrons. The lowest BCUT2D eigenvalue weighted by atomic mass is 9.79. The standard InChI is InChI=1S/C20H17BClF3N2O5/c1-19(9-26,11-30-17-7-15-13(6-16(17)22)8-31-21(15)29)10-27-18(28)12-2-4-14(5-3-12)32-20(23,24)25/h2-7,29H,8,10-11H2,1H3,(H,27,28). The number of nitrogens with zero attached hydrogens (tertiary/aromatic N) is 1. The molecule has 2 aromatic carbocycles. The van der Waals surface area contributed by atoms with Crippen molar-refractivity contribution >= 4 is 30.1 Å². The number of nitriles is 1. The van der Waals surface area contributed by atoms with Crippen molar-refractivity contribution in [3.63, 3.8) is 0 Å². The highest BCUT2D eigenvalue weighted by molar-refractivity contribution is 6.61. The van der Waals surface area contributed by atoms with E-state index in [0.29, 0.717) is 5.46 Å². The Hall–Kier alpha value is -2.94. The van der Waals surface area contributed by atoms with Crippen LogP contribution in [0.25, 0.3) is 0 Å². The van der Waals surface area contributed by atoms with E-state index in [1.807, 2.05) is 0 Å². The van der Waals surface area contributed by atoms with E-state index < -0.39 is 30.6 Å². The Morgan fingerprint density at radius 3 is 2.66 bits per heavy atom. The number of hydrogen-bond donors (Lipinski definition) is 2. The van der Waals surface area contributed by atoms with Crippen molar-refractivity contribution in [2.75, 3.05) is 13.2 Å². The van der Waals surface area contributed by atoms with Gasteiger partial charge in [0.1, 0.15) is 23.5 Å². The van der Waals surface area contributed by atoms with E-state index in [1.54, 1.807) is 13.0 Å². The highest BCUT2D eigenvalue weighted by atomic mass is 35.5. The topological polar surface area (TPSA) is 101 Å². The summed E-state index contributed by atoms with van der Waals surface area (Å²) in [7, 11) is -1.08. The summed E-state index contributed by atoms with van der Waals surface area (Å²) in [5, 5.41) is 22.2. The number of alkyl halides is 3. The van der Waals surface area contributed by atoms with Gasteiger partial charge in [-0.25, -0.2) is 0 Å². The van der Waals surface area contributed by atoms with E-state index in [0.717, 1.165) is 17.7 Å². The van der Waals surface area contributed by atoms with Gasteiger partial charge in [0.2, 0.25) is 0 Å². The van der Waals surface area contributed by atoms with Gasteiger partial charge in [-0.3, -0.25) is 4.79 Å². The molecule has 0 aliphatic carbocycles. The van der Waals surface area contributed by atoms with Crippen molar-refractivity contribution in [2.45, 2.75) is 19.9 Å². The van der Waals surface area contributed by atoms with E-state index in [4.69, 9.17) is 21.0 Å². The molecule has 0 fully saturated rings. The number of rotatable bonds is 7. The van der Waals surface area contributed by atoms with Crippen LogP contribution in [-0.4, -0.2) is 37.6 Å². The second-order valence-electron chi connectivity index (χ2n) is 7.36. The number of hydrogen-bond acceptors (Lipinski definition) is 6. The molecule has 12 heteroatoms. The number of carbonyl (C=O) groups excluding carboxylic acids is 1. The molecule has 0 saturated heterocycles. The Balaban J connectivity index is 1.59. The molecule has 7 nitrogen and oxygen atoms in total. The summed E-state index contributed by atoms with van der Waals surface area (Å²) in [4.78, 5) is 12.3. The van der Waals surface area contributed by atoms with Crippen LogP contribution in [0.3, 0.4) is 0 Å². The Labute approximate surface area is 186 Å². The number of benzene rings is 2. The molecular weight excluding hydrogens is 451 g/mol. The molecule has 1 atom stereocenters. The van der Waals surface area contributed by atoms with Crippen LogP contribution in [0.5, 0.6) is 11.5 Å². The minimum Gasteiger partial charge on any atom is -0.490 e. The van der Waals surface area contributed by atoms with Crippen molar-refractivity contribution in [3.05, 3.63) is 52.5 Å². The van der Waals surface area contributed by atoms with Gasteiger partial charge in [-0.1, -0.05) is 11.6 Å². The third kappa shape index (κ3) is 5.85. The molecule has 1 heterocycles. The van der Waals surface area contributed by atoms with E-state index in [1.165, 1.54) is 18.2 Å². The van der Waals surface area contributed by atoms with Crippen molar-refractivity contribution in [1.29, 1.82) is 5.26 Å². The van der Waals surface area contributed by atoms with Crippen LogP contribution in [0.2, 0.25) is 5.02 Å². The van der Waals surface area contributed by atoms with E-state index >= 15 is 0 Å². The molecule has 3 rings (SSSR count). The number of carbonyl (C=O) groups is 1. The summed E-state index contributed by atoms with van der Waals surface area (Å²) in [5.74, 6) is -0.782. The first-order chi connectivity index (χ1) is 15.0. The number of ether oxygens (including phenoxy) is 2. The average Bonchev–Trinajstić information content (AvgIpc) is 3.09. The van der Waals surface area contributed by atoms with Gasteiger partial charge in [0.25, 0.3) is 5.91 Å². The van der Waals surface area contributed by atoms with Crippen molar-refractivity contribution < 1.29 is 37.1 Å². The maximum atomic E-state index is 12.3. The fourth-order valence-corrected chi connectivity index (χ4v) is 3.12. The maximum absolute atomic E-state index is 12.3. The zero-order valence-corrected chi connectivity index (χ0v) is 17.5. The van der Waals surface area contributed by atoms with Gasteiger partial charge in [0.05, 0.1) is 17.7 Å². The maximum Gasteiger partial charge on any atom is 0.573 e. The molecule has 1 aliphatic rings. The smallest absolute Gasteiger partial charge is 0.490 e. The lowest BCUT2D eigenvalue weighted by molar-refractivity contribution is -0.274. The number of halogens is 4. The van der Waals surface area contributed by atoms with Crippen LogP contribution >= 0.6 is 11.6 Å². The number of fused-ring (bicyclic) bond motifs is 1. The average molecular weight is 469 g/mol. The fraction of sp³-hybridized carbons (Fsp3) is 0.300. The Morgan fingerprint density at radius 2 is 2.03 bits per heavy atom. The Kier molecular flexibility index (Phi) is 6.88. The zero-order chi connectivity index (χ0) is 23.5. The summed E-state index contributed by atoms with van der Waals surface area (Å²) in [6, 6.07) is 9.60. The first-order valence-corrected chi connectivity index (χ1v) is 9.67. The van der Waals surface area contributed by atoms with Gasteiger partial charge < -0.3 is 24.5 Å². The van der Waals surface area contributed by atoms with Gasteiger partial charge in [-0.15, -0.1) is 13.2 Å². The molecule has 32 heavy (non-hydrogen) atoms. The molecular formula is C20H17BClF3N2O5. The van der Waals surface area contributed by atoms with Crippen LogP contribution in [0.4, 0.5) is 13.2 Å². The third-order valence-corrected chi connectivity index (χ3v) is 4.96. The Morgan fingerprint density at radius 1 is 1.34 bits per heavy atom. The minimum absolute atomic E-state index is 0.0939. The van der Waals surface area contributed by atoms with Crippen LogP contribution in [-0.2, 0) is 11.3 Å². The molecule has 0 spiro atoms. The quantitative estimate of drug-likeness (QED) is 0.606. The van der Waals surface area contributed by atoms with Crippen molar-refractivity contribution in [3.8, 4) is 17.6 Å². The normalized spacial score (nSPS) is 14.8. The van der Waals surface area contributed by atoms with E-state index in [2.05, 4.69) is 16.1 Å². The monoisotopic (exact) mass is 468 g/mol. The molecule has 0 saturated carbocycles. The second kappa shape index (κ2) is 9.28. The van der Waals surface area contributed by atoms with E-state index in [9.17, 15) is 28.3 Å². The highest BCUT2D eigenvalue weighted by Crippen LogP contribution is 2.29. The molecule has 0 bridgehead atoms. The summed E-state index contributed by atoms with van der Waals surface area (Å²) in [6.07, 6.45) is -4.83. The summed E-state index contributed by atoms with van der Waals surface area (Å²) >= 11 is 6.19. The van der Waals surface area contributed by atoms with Gasteiger partial charge in [-0.2, -0.15) is 5.26 Å². The van der Waals surface area contributed by atoms with Crippen LogP contribution < -0.4 is 20.3 Å². The highest BCUT2D eigenvalue weighted by Gasteiger charge is 2.32. The number of nitrogens with one attached hydrogen (secondary N) is 1. The van der Waals surface area contributed by atoms with Gasteiger partial charge in [0, 0.05) is 12.1 Å². The van der Waals surface area contributed by atoms with E-state index in [-0.39, 0.29) is 36.1 Å². The zero-order valence-electron chi connectivity index (χ0n) is 16.7. The molecule has 0 aromatic heterocycles. The molecule has 2 aromatic rings. The van der Waals surface area contributed by atoms with Crippen LogP contribution in [0.1, 0.15) is 22.8 Å². The molecule has 0 radical (unpaired) electrons. The fourth-order valence-electron chi connectivity index (χ4n) is 2.88. The third-order valence-electron chi connectivity index (χ3n) is 4.66. The molecule has 2 N–H and O–H groups in total. The largest absolute Gasteiger partial charge is 0.573 e. The van der Waals surface area contributed by atoms with Crippen LogP contribution in [0, 0.1) is 16.7 Å². The summed E-state index contributed by atoms with van der Waals surface area (Å²) < 4.78 is 51.2. The number of amides is 1. The van der Waals surface area contributed by atoms with Gasteiger partial charge >= 0.3 is 13.5 Å². The SMILES string of the molecule is CC(C#N)(CNC(=O)c1ccc(OC(F)(F)F)cc1)COc1cc2c(cc1Cl)COB2O. The molecule has 1 amide bonds. The van der Waals surface area contributed by atoms with Gasteiger partial charge in [-0.05, 0) is 54.3 Å². The van der Waals surface area contributed by atoms with Crippen molar-refractivity contribution in [2.24, 2.45) is 5.41 Å². The minimum atomic E-state index is -4.83. The second-order valence-corrected chi connectivity index (χ2v) is 7.77. The Bertz CT molecular complexity index is 1050. The lowest BCUT2D eigenvalue weighted by Gasteiger charge is -2.23. The van der Waals surface area contributed by atoms with Crippen LogP contribution in [0.15, 0.2) is 36.4 Å². The lowest BCUT2D eigenvalue weighted by Crippen LogP contribution is -2.38.